The van der Waals surface area contributed by atoms with E-state index in [0.717, 1.165) is 11.3 Å². The maximum absolute atomic E-state index is 9.60. The zero-order valence-corrected chi connectivity index (χ0v) is 9.65. The fourth-order valence-electron chi connectivity index (χ4n) is 1.33. The van der Waals surface area contributed by atoms with E-state index in [2.05, 4.69) is 5.32 Å². The van der Waals surface area contributed by atoms with Gasteiger partial charge in [-0.1, -0.05) is 18.2 Å². The summed E-state index contributed by atoms with van der Waals surface area (Å²) in [6, 6.07) is 7.76. The topological polar surface area (TPSA) is 67.5 Å². The van der Waals surface area contributed by atoms with Crippen LogP contribution in [0.2, 0.25) is 0 Å². The summed E-state index contributed by atoms with van der Waals surface area (Å²) in [5, 5.41) is 12.6. The highest BCUT2D eigenvalue weighted by Gasteiger charge is 2.05. The average Bonchev–Trinajstić information content (AvgIpc) is 2.28. The molecule has 4 N–H and O–H groups in total. The number of hydrogen-bond acceptors (Lipinski definition) is 4. The van der Waals surface area contributed by atoms with Crippen molar-refractivity contribution in [3.8, 4) is 5.75 Å². The van der Waals surface area contributed by atoms with E-state index < -0.39 is 6.10 Å². The molecule has 0 radical (unpaired) electrons. The second-order valence-corrected chi connectivity index (χ2v) is 3.72. The van der Waals surface area contributed by atoms with Crippen LogP contribution >= 0.6 is 0 Å². The molecule has 1 aromatic carbocycles. The first-order chi connectivity index (χ1) is 7.74. The van der Waals surface area contributed by atoms with Gasteiger partial charge in [-0.2, -0.15) is 0 Å². The van der Waals surface area contributed by atoms with Crippen LogP contribution in [0.25, 0.3) is 0 Å². The van der Waals surface area contributed by atoms with Gasteiger partial charge in [0.25, 0.3) is 0 Å². The monoisotopic (exact) mass is 224 g/mol. The molecule has 0 aliphatic heterocycles. The molecule has 0 saturated heterocycles. The highest BCUT2D eigenvalue weighted by atomic mass is 16.5. The highest BCUT2D eigenvalue weighted by Crippen LogP contribution is 2.15. The van der Waals surface area contributed by atoms with E-state index in [1.165, 1.54) is 0 Å². The average molecular weight is 224 g/mol. The van der Waals surface area contributed by atoms with Crippen molar-refractivity contribution >= 4 is 0 Å². The summed E-state index contributed by atoms with van der Waals surface area (Å²) >= 11 is 0. The summed E-state index contributed by atoms with van der Waals surface area (Å²) in [5.41, 5.74) is 6.40. The third kappa shape index (κ3) is 4.61. The molecule has 0 saturated carbocycles. The van der Waals surface area contributed by atoms with Crippen LogP contribution in [0.5, 0.6) is 5.75 Å². The maximum atomic E-state index is 9.60. The van der Waals surface area contributed by atoms with Gasteiger partial charge >= 0.3 is 0 Å². The maximum Gasteiger partial charge on any atom is 0.122 e. The van der Waals surface area contributed by atoms with E-state index in [-0.39, 0.29) is 0 Å². The van der Waals surface area contributed by atoms with E-state index in [1.807, 2.05) is 31.2 Å². The summed E-state index contributed by atoms with van der Waals surface area (Å²) in [6.45, 7) is 4.06. The minimum atomic E-state index is -0.508. The van der Waals surface area contributed by atoms with Gasteiger partial charge in [0.2, 0.25) is 0 Å². The third-order valence-corrected chi connectivity index (χ3v) is 2.23. The molecule has 1 atom stereocenters. The van der Waals surface area contributed by atoms with Gasteiger partial charge in [0.15, 0.2) is 0 Å². The molecular weight excluding hydrogens is 204 g/mol. The van der Waals surface area contributed by atoms with Crippen LogP contribution < -0.4 is 15.8 Å². The van der Waals surface area contributed by atoms with Crippen molar-refractivity contribution in [2.24, 2.45) is 5.73 Å². The molecule has 0 spiro atoms. The molecule has 0 bridgehead atoms. The number of nitrogens with two attached hydrogens (primary N) is 1. The molecule has 16 heavy (non-hydrogen) atoms. The first kappa shape index (κ1) is 13.0. The predicted molar refractivity (Wildman–Crippen MR) is 64.6 cm³/mol. The lowest BCUT2D eigenvalue weighted by atomic mass is 10.2. The van der Waals surface area contributed by atoms with Crippen LogP contribution in [0.3, 0.4) is 0 Å². The lowest BCUT2D eigenvalue weighted by molar-refractivity contribution is 0.106. The van der Waals surface area contributed by atoms with Crippen LogP contribution in [0.15, 0.2) is 24.3 Å². The Morgan fingerprint density at radius 1 is 1.44 bits per heavy atom. The van der Waals surface area contributed by atoms with Crippen LogP contribution in [0.1, 0.15) is 5.56 Å². The van der Waals surface area contributed by atoms with Gasteiger partial charge in [-0.15, -0.1) is 0 Å². The van der Waals surface area contributed by atoms with E-state index in [9.17, 15) is 5.11 Å². The second-order valence-electron chi connectivity index (χ2n) is 3.72. The van der Waals surface area contributed by atoms with E-state index in [4.69, 9.17) is 10.5 Å². The zero-order valence-electron chi connectivity index (χ0n) is 9.65. The fraction of sp³-hybridized carbons (Fsp3) is 0.500. The predicted octanol–water partition coefficient (Wildman–Crippen LogP) is 0.283. The van der Waals surface area contributed by atoms with Gasteiger partial charge in [-0.25, -0.2) is 0 Å². The molecule has 0 heterocycles. The molecule has 0 aliphatic carbocycles. The quantitative estimate of drug-likeness (QED) is 0.582. The second kappa shape index (κ2) is 7.22. The number of ether oxygens (including phenoxy) is 1. The van der Waals surface area contributed by atoms with Gasteiger partial charge in [0.1, 0.15) is 18.5 Å². The van der Waals surface area contributed by atoms with Crippen molar-refractivity contribution < 1.29 is 9.84 Å². The summed E-state index contributed by atoms with van der Waals surface area (Å²) in [7, 11) is 0. The molecule has 1 rings (SSSR count). The molecule has 4 heteroatoms. The molecule has 0 aromatic heterocycles. The summed E-state index contributed by atoms with van der Waals surface area (Å²) in [5.74, 6) is 0.820. The van der Waals surface area contributed by atoms with Gasteiger partial charge in [0.05, 0.1) is 0 Å². The summed E-state index contributed by atoms with van der Waals surface area (Å²) < 4.78 is 5.51. The Hall–Kier alpha value is -1.10. The number of aliphatic hydroxyl groups excluding tert-OH is 1. The van der Waals surface area contributed by atoms with E-state index in [1.54, 1.807) is 0 Å². The molecular formula is C12H20N2O2. The third-order valence-electron chi connectivity index (χ3n) is 2.23. The normalized spacial score (nSPS) is 12.4. The van der Waals surface area contributed by atoms with E-state index in [0.29, 0.717) is 26.2 Å². The number of nitrogens with one attached hydrogen (secondary N) is 1. The Morgan fingerprint density at radius 3 is 2.88 bits per heavy atom. The van der Waals surface area contributed by atoms with Gasteiger partial charge in [-0.05, 0) is 18.6 Å². The Labute approximate surface area is 96.4 Å². The highest BCUT2D eigenvalue weighted by molar-refractivity contribution is 5.31. The van der Waals surface area contributed by atoms with Crippen LogP contribution in [0.4, 0.5) is 0 Å². The number of rotatable bonds is 7. The Balaban J connectivity index is 2.26. The van der Waals surface area contributed by atoms with Gasteiger partial charge in [-0.3, -0.25) is 0 Å². The van der Waals surface area contributed by atoms with Crippen LogP contribution in [-0.4, -0.2) is 37.5 Å². The first-order valence-electron chi connectivity index (χ1n) is 5.51. The summed E-state index contributed by atoms with van der Waals surface area (Å²) in [4.78, 5) is 0. The minimum Gasteiger partial charge on any atom is -0.491 e. The number of aryl methyl sites for hydroxylation is 1. The fourth-order valence-corrected chi connectivity index (χ4v) is 1.33. The molecule has 4 nitrogen and oxygen atoms in total. The molecule has 90 valence electrons. The minimum absolute atomic E-state index is 0.294. The number of hydrogen-bond donors (Lipinski definition) is 3. The largest absolute Gasteiger partial charge is 0.491 e. The first-order valence-corrected chi connectivity index (χ1v) is 5.51. The Kier molecular flexibility index (Phi) is 5.85. The van der Waals surface area contributed by atoms with Crippen molar-refractivity contribution in [2.75, 3.05) is 26.2 Å². The summed E-state index contributed by atoms with van der Waals surface area (Å²) in [6.07, 6.45) is -0.508. The molecule has 1 unspecified atom stereocenters. The zero-order chi connectivity index (χ0) is 11.8. The standard InChI is InChI=1S/C12H20N2O2/c1-10-4-2-3-5-12(10)16-9-11(15)8-14-7-6-13/h2-5,11,14-15H,6-9,13H2,1H3. The lowest BCUT2D eigenvalue weighted by Gasteiger charge is -2.14. The van der Waals surface area contributed by atoms with Crippen molar-refractivity contribution in [2.45, 2.75) is 13.0 Å². The van der Waals surface area contributed by atoms with E-state index >= 15 is 0 Å². The number of para-hydroxylation sites is 1. The van der Waals surface area contributed by atoms with Crippen molar-refractivity contribution in [1.82, 2.24) is 5.32 Å². The molecule has 1 aromatic rings. The smallest absolute Gasteiger partial charge is 0.122 e. The van der Waals surface area contributed by atoms with Gasteiger partial charge in [0, 0.05) is 19.6 Å². The molecule has 0 aliphatic rings. The number of benzene rings is 1. The van der Waals surface area contributed by atoms with Crippen molar-refractivity contribution in [1.29, 1.82) is 0 Å². The van der Waals surface area contributed by atoms with Gasteiger partial charge < -0.3 is 20.9 Å². The SMILES string of the molecule is Cc1ccccc1OCC(O)CNCCN. The molecule has 0 amide bonds. The lowest BCUT2D eigenvalue weighted by Crippen LogP contribution is -2.34. The number of aliphatic hydroxyl groups is 1. The Bertz CT molecular complexity index is 305. The van der Waals surface area contributed by atoms with Crippen molar-refractivity contribution in [3.05, 3.63) is 29.8 Å². The molecule has 0 fully saturated rings. The Morgan fingerprint density at radius 2 is 2.19 bits per heavy atom. The van der Waals surface area contributed by atoms with Crippen LogP contribution in [-0.2, 0) is 0 Å². The van der Waals surface area contributed by atoms with Crippen LogP contribution in [0, 0.1) is 6.92 Å². The van der Waals surface area contributed by atoms with Crippen molar-refractivity contribution in [3.63, 3.8) is 0 Å².